The van der Waals surface area contributed by atoms with Gasteiger partial charge in [-0.2, -0.15) is 0 Å². The van der Waals surface area contributed by atoms with Crippen LogP contribution in [0, 0.1) is 5.82 Å². The van der Waals surface area contributed by atoms with Crippen molar-refractivity contribution >= 4 is 21.8 Å². The van der Waals surface area contributed by atoms with Gasteiger partial charge in [0.05, 0.1) is 10.9 Å². The summed E-state index contributed by atoms with van der Waals surface area (Å²) in [5.74, 6) is -0.955. The number of primary amides is 1. The third-order valence-electron chi connectivity index (χ3n) is 1.40. The van der Waals surface area contributed by atoms with Gasteiger partial charge in [-0.15, -0.1) is 0 Å². The molecule has 0 aliphatic heterocycles. The molecule has 1 amide bonds. The van der Waals surface area contributed by atoms with Crippen LogP contribution < -0.4 is 5.73 Å². The normalized spacial score (nSPS) is 9.83. The monoisotopic (exact) mass is 231 g/mol. The molecule has 0 aromatic heterocycles. The summed E-state index contributed by atoms with van der Waals surface area (Å²) in [6.07, 6.45) is -0.0642. The highest BCUT2D eigenvalue weighted by molar-refractivity contribution is 9.10. The van der Waals surface area contributed by atoms with Gasteiger partial charge >= 0.3 is 0 Å². The second-order valence-corrected chi connectivity index (χ2v) is 3.21. The van der Waals surface area contributed by atoms with E-state index in [0.29, 0.717) is 10.0 Å². The van der Waals surface area contributed by atoms with E-state index in [1.807, 2.05) is 0 Å². The second kappa shape index (κ2) is 3.67. The lowest BCUT2D eigenvalue weighted by Crippen LogP contribution is -2.14. The van der Waals surface area contributed by atoms with Gasteiger partial charge in [-0.05, 0) is 27.6 Å². The Kier molecular flexibility index (Phi) is 2.81. The molecule has 0 aliphatic carbocycles. The van der Waals surface area contributed by atoms with Gasteiger partial charge in [0.15, 0.2) is 0 Å². The van der Waals surface area contributed by atoms with E-state index in [1.54, 1.807) is 12.1 Å². The molecule has 2 nitrogen and oxygen atoms in total. The summed E-state index contributed by atoms with van der Waals surface area (Å²) < 4.78 is 13.5. The summed E-state index contributed by atoms with van der Waals surface area (Å²) in [5, 5.41) is 0. The Morgan fingerprint density at radius 3 is 2.83 bits per heavy atom. The Bertz CT molecular complexity index is 314. The molecule has 0 saturated carbocycles. The van der Waals surface area contributed by atoms with Crippen LogP contribution in [0.2, 0.25) is 0 Å². The topological polar surface area (TPSA) is 43.1 Å². The SMILES string of the molecule is NC(=O)Cc1cccc(Br)c1F. The van der Waals surface area contributed by atoms with E-state index in [9.17, 15) is 9.18 Å². The van der Waals surface area contributed by atoms with Crippen molar-refractivity contribution in [2.75, 3.05) is 0 Å². The molecule has 12 heavy (non-hydrogen) atoms. The number of nitrogens with two attached hydrogens (primary N) is 1. The molecule has 0 saturated heterocycles. The fraction of sp³-hybridized carbons (Fsp3) is 0.125. The van der Waals surface area contributed by atoms with Crippen molar-refractivity contribution in [1.29, 1.82) is 0 Å². The van der Waals surface area contributed by atoms with Crippen LogP contribution in [-0.2, 0) is 11.2 Å². The summed E-state index contributed by atoms with van der Waals surface area (Å²) >= 11 is 3.01. The number of hydrogen-bond acceptors (Lipinski definition) is 1. The zero-order chi connectivity index (χ0) is 9.14. The van der Waals surface area contributed by atoms with Crippen LogP contribution in [0.15, 0.2) is 22.7 Å². The summed E-state index contributed by atoms with van der Waals surface area (Å²) in [6.45, 7) is 0. The van der Waals surface area contributed by atoms with Gasteiger partial charge in [0.25, 0.3) is 0 Å². The molecule has 0 radical (unpaired) electrons. The van der Waals surface area contributed by atoms with Gasteiger partial charge < -0.3 is 5.73 Å². The molecule has 0 unspecified atom stereocenters. The van der Waals surface area contributed by atoms with Crippen molar-refractivity contribution in [2.24, 2.45) is 5.73 Å². The maximum atomic E-state index is 13.1. The molecule has 4 heteroatoms. The molecule has 0 spiro atoms. The first kappa shape index (κ1) is 9.19. The minimum atomic E-state index is -0.535. The van der Waals surface area contributed by atoms with Crippen LogP contribution in [-0.4, -0.2) is 5.91 Å². The van der Waals surface area contributed by atoms with E-state index >= 15 is 0 Å². The maximum absolute atomic E-state index is 13.1. The minimum absolute atomic E-state index is 0.0642. The number of carbonyl (C=O) groups is 1. The Morgan fingerprint density at radius 1 is 1.58 bits per heavy atom. The molecule has 0 aliphatic rings. The van der Waals surface area contributed by atoms with Crippen molar-refractivity contribution in [3.63, 3.8) is 0 Å². The zero-order valence-corrected chi connectivity index (χ0v) is 7.77. The van der Waals surface area contributed by atoms with Gasteiger partial charge in [-0.3, -0.25) is 4.79 Å². The van der Waals surface area contributed by atoms with Crippen molar-refractivity contribution < 1.29 is 9.18 Å². The van der Waals surface area contributed by atoms with E-state index in [2.05, 4.69) is 15.9 Å². The minimum Gasteiger partial charge on any atom is -0.369 e. The van der Waals surface area contributed by atoms with Gasteiger partial charge in [0.2, 0.25) is 5.91 Å². The fourth-order valence-corrected chi connectivity index (χ4v) is 1.28. The molecule has 2 N–H and O–H groups in total. The van der Waals surface area contributed by atoms with Crippen LogP contribution >= 0.6 is 15.9 Å². The van der Waals surface area contributed by atoms with E-state index < -0.39 is 11.7 Å². The Morgan fingerprint density at radius 2 is 2.25 bits per heavy atom. The standard InChI is InChI=1S/C8H7BrFNO/c9-6-3-1-2-5(8(6)10)4-7(11)12/h1-3H,4H2,(H2,11,12). The number of rotatable bonds is 2. The molecule has 1 aromatic rings. The van der Waals surface area contributed by atoms with E-state index in [-0.39, 0.29) is 6.42 Å². The van der Waals surface area contributed by atoms with Gasteiger partial charge in [-0.25, -0.2) is 4.39 Å². The Labute approximate surface area is 77.7 Å². The molecule has 64 valence electrons. The summed E-state index contributed by atoms with van der Waals surface area (Å²) in [5.41, 5.74) is 5.24. The average Bonchev–Trinajstić information content (AvgIpc) is 1.98. The summed E-state index contributed by atoms with van der Waals surface area (Å²) in [7, 11) is 0. The molecule has 1 rings (SSSR count). The number of benzene rings is 1. The molecular weight excluding hydrogens is 225 g/mol. The van der Waals surface area contributed by atoms with Crippen LogP contribution in [0.4, 0.5) is 4.39 Å². The number of halogens is 2. The quantitative estimate of drug-likeness (QED) is 0.827. The van der Waals surface area contributed by atoms with E-state index in [1.165, 1.54) is 6.07 Å². The van der Waals surface area contributed by atoms with Crippen LogP contribution in [0.25, 0.3) is 0 Å². The molecular formula is C8H7BrFNO. The van der Waals surface area contributed by atoms with Crippen molar-refractivity contribution in [1.82, 2.24) is 0 Å². The van der Waals surface area contributed by atoms with Crippen LogP contribution in [0.1, 0.15) is 5.56 Å². The first-order valence-electron chi connectivity index (χ1n) is 3.32. The average molecular weight is 232 g/mol. The van der Waals surface area contributed by atoms with Crippen LogP contribution in [0.5, 0.6) is 0 Å². The van der Waals surface area contributed by atoms with Crippen molar-refractivity contribution in [2.45, 2.75) is 6.42 Å². The van der Waals surface area contributed by atoms with Crippen molar-refractivity contribution in [3.8, 4) is 0 Å². The maximum Gasteiger partial charge on any atom is 0.221 e. The molecule has 0 atom stereocenters. The first-order valence-corrected chi connectivity index (χ1v) is 4.11. The largest absolute Gasteiger partial charge is 0.369 e. The lowest BCUT2D eigenvalue weighted by molar-refractivity contribution is -0.117. The number of carbonyl (C=O) groups excluding carboxylic acids is 1. The highest BCUT2D eigenvalue weighted by atomic mass is 79.9. The Hall–Kier alpha value is -0.900. The third kappa shape index (κ3) is 2.04. The van der Waals surface area contributed by atoms with Gasteiger partial charge in [0.1, 0.15) is 5.82 Å². The van der Waals surface area contributed by atoms with Gasteiger partial charge in [0, 0.05) is 0 Å². The van der Waals surface area contributed by atoms with E-state index in [0.717, 1.165) is 0 Å². The number of hydrogen-bond donors (Lipinski definition) is 1. The van der Waals surface area contributed by atoms with E-state index in [4.69, 9.17) is 5.73 Å². The highest BCUT2D eigenvalue weighted by Crippen LogP contribution is 2.18. The lowest BCUT2D eigenvalue weighted by atomic mass is 10.1. The predicted octanol–water partition coefficient (Wildman–Crippen LogP) is 1.62. The molecule has 0 heterocycles. The summed E-state index contributed by atoms with van der Waals surface area (Å²) in [6, 6.07) is 4.76. The number of amides is 1. The summed E-state index contributed by atoms with van der Waals surface area (Å²) in [4.78, 5) is 10.5. The lowest BCUT2D eigenvalue weighted by Gasteiger charge is -2.00. The predicted molar refractivity (Wildman–Crippen MR) is 47.0 cm³/mol. The molecule has 1 aromatic carbocycles. The zero-order valence-electron chi connectivity index (χ0n) is 6.18. The Balaban J connectivity index is 3.00. The molecule has 0 fully saturated rings. The third-order valence-corrected chi connectivity index (χ3v) is 2.01. The first-order chi connectivity index (χ1) is 5.61. The fourth-order valence-electron chi connectivity index (χ4n) is 0.873. The van der Waals surface area contributed by atoms with Gasteiger partial charge in [-0.1, -0.05) is 12.1 Å². The highest BCUT2D eigenvalue weighted by Gasteiger charge is 2.07. The smallest absolute Gasteiger partial charge is 0.221 e. The molecule has 0 bridgehead atoms. The van der Waals surface area contributed by atoms with Crippen LogP contribution in [0.3, 0.4) is 0 Å². The van der Waals surface area contributed by atoms with Crippen molar-refractivity contribution in [3.05, 3.63) is 34.1 Å². The second-order valence-electron chi connectivity index (χ2n) is 2.36.